The quantitative estimate of drug-likeness (QED) is 0.500. The molecule has 0 fully saturated rings. The third-order valence-corrected chi connectivity index (χ3v) is 5.22. The molecule has 0 aliphatic rings. The number of hydrogen-bond donors (Lipinski definition) is 1. The minimum atomic E-state index is -0.141. The van der Waals surface area contributed by atoms with Gasteiger partial charge in [0.2, 0.25) is 0 Å². The maximum atomic E-state index is 12.5. The Bertz CT molecular complexity index is 1080. The van der Waals surface area contributed by atoms with Crippen molar-refractivity contribution in [3.05, 3.63) is 83.4 Å². The van der Waals surface area contributed by atoms with E-state index in [0.717, 1.165) is 26.9 Å². The Morgan fingerprint density at radius 2 is 1.62 bits per heavy atom. The maximum absolute atomic E-state index is 12.5. The molecular weight excluding hydrogens is 340 g/mol. The fraction of sp³-hybridized carbons (Fsp3) is 0.0909. The van der Waals surface area contributed by atoms with Gasteiger partial charge in [0.05, 0.1) is 10.2 Å². The molecule has 0 unspecified atom stereocenters. The predicted octanol–water partition coefficient (Wildman–Crippen LogP) is 5.83. The van der Waals surface area contributed by atoms with Crippen LogP contribution in [0.1, 0.15) is 21.5 Å². The van der Waals surface area contributed by atoms with Crippen LogP contribution in [0.2, 0.25) is 0 Å². The van der Waals surface area contributed by atoms with Gasteiger partial charge in [-0.2, -0.15) is 0 Å². The summed E-state index contributed by atoms with van der Waals surface area (Å²) in [5, 5.41) is 3.55. The van der Waals surface area contributed by atoms with Crippen molar-refractivity contribution >= 4 is 32.6 Å². The first-order chi connectivity index (χ1) is 12.6. The summed E-state index contributed by atoms with van der Waals surface area (Å²) in [7, 11) is 0. The monoisotopic (exact) mass is 358 g/mol. The normalized spacial score (nSPS) is 10.8. The molecule has 1 aromatic heterocycles. The molecule has 0 radical (unpaired) electrons. The van der Waals surface area contributed by atoms with Crippen molar-refractivity contribution in [3.8, 4) is 11.1 Å². The molecule has 1 N–H and O–H groups in total. The van der Waals surface area contributed by atoms with Crippen LogP contribution < -0.4 is 5.32 Å². The fourth-order valence-corrected chi connectivity index (χ4v) is 4.08. The molecule has 1 heterocycles. The molecule has 26 heavy (non-hydrogen) atoms. The van der Waals surface area contributed by atoms with E-state index in [1.807, 2.05) is 49.4 Å². The number of benzene rings is 3. The molecule has 3 nitrogen and oxygen atoms in total. The Morgan fingerprint density at radius 1 is 0.923 bits per heavy atom. The van der Waals surface area contributed by atoms with Crippen molar-refractivity contribution in [2.75, 3.05) is 5.32 Å². The minimum absolute atomic E-state index is 0.141. The van der Waals surface area contributed by atoms with E-state index in [1.54, 1.807) is 0 Å². The number of aryl methyl sites for hydroxylation is 2. The SMILES string of the molecule is Cc1cc(C)c2nc(NC(=O)c3ccc(-c4ccccc4)cc3)sc2c1. The first-order valence-corrected chi connectivity index (χ1v) is 9.26. The van der Waals surface area contributed by atoms with Crippen LogP contribution >= 0.6 is 11.3 Å². The molecule has 3 aromatic carbocycles. The van der Waals surface area contributed by atoms with Gasteiger partial charge in [-0.05, 0) is 54.3 Å². The smallest absolute Gasteiger partial charge is 0.257 e. The van der Waals surface area contributed by atoms with E-state index >= 15 is 0 Å². The van der Waals surface area contributed by atoms with Crippen LogP contribution in [0.25, 0.3) is 21.3 Å². The van der Waals surface area contributed by atoms with Gasteiger partial charge in [-0.25, -0.2) is 4.98 Å². The zero-order valence-electron chi connectivity index (χ0n) is 14.6. The number of aromatic nitrogens is 1. The topological polar surface area (TPSA) is 42.0 Å². The maximum Gasteiger partial charge on any atom is 0.257 e. The van der Waals surface area contributed by atoms with E-state index < -0.39 is 0 Å². The molecule has 0 saturated carbocycles. The van der Waals surface area contributed by atoms with E-state index in [1.165, 1.54) is 16.9 Å². The van der Waals surface area contributed by atoms with E-state index in [4.69, 9.17) is 0 Å². The number of amides is 1. The van der Waals surface area contributed by atoms with Gasteiger partial charge in [-0.1, -0.05) is 59.9 Å². The second-order valence-corrected chi connectivity index (χ2v) is 7.38. The van der Waals surface area contributed by atoms with Crippen LogP contribution in [-0.2, 0) is 0 Å². The summed E-state index contributed by atoms with van der Waals surface area (Å²) >= 11 is 1.51. The van der Waals surface area contributed by atoms with Crippen molar-refractivity contribution in [1.29, 1.82) is 0 Å². The molecule has 4 heteroatoms. The van der Waals surface area contributed by atoms with E-state index in [-0.39, 0.29) is 5.91 Å². The Balaban J connectivity index is 1.56. The summed E-state index contributed by atoms with van der Waals surface area (Å²) < 4.78 is 1.09. The summed E-state index contributed by atoms with van der Waals surface area (Å²) in [5.41, 5.74) is 6.13. The summed E-state index contributed by atoms with van der Waals surface area (Å²) in [6, 6.07) is 22.0. The Morgan fingerprint density at radius 3 is 2.35 bits per heavy atom. The lowest BCUT2D eigenvalue weighted by Crippen LogP contribution is -2.11. The van der Waals surface area contributed by atoms with Gasteiger partial charge in [0.25, 0.3) is 5.91 Å². The first kappa shape index (κ1) is 16.5. The number of carbonyl (C=O) groups is 1. The van der Waals surface area contributed by atoms with Gasteiger partial charge in [0, 0.05) is 5.56 Å². The van der Waals surface area contributed by atoms with Crippen molar-refractivity contribution < 1.29 is 4.79 Å². The van der Waals surface area contributed by atoms with Gasteiger partial charge in [-0.3, -0.25) is 10.1 Å². The molecule has 0 bridgehead atoms. The summed E-state index contributed by atoms with van der Waals surface area (Å²) in [6.45, 7) is 4.11. The standard InChI is InChI=1S/C22H18N2OS/c1-14-12-15(2)20-19(13-14)26-22(23-20)24-21(25)18-10-8-17(9-11-18)16-6-4-3-5-7-16/h3-13H,1-2H3,(H,23,24,25). The predicted molar refractivity (Wildman–Crippen MR) is 109 cm³/mol. The van der Waals surface area contributed by atoms with Gasteiger partial charge < -0.3 is 0 Å². The molecule has 0 saturated heterocycles. The highest BCUT2D eigenvalue weighted by Gasteiger charge is 2.11. The first-order valence-electron chi connectivity index (χ1n) is 8.45. The molecule has 0 aliphatic heterocycles. The number of anilines is 1. The lowest BCUT2D eigenvalue weighted by molar-refractivity contribution is 0.102. The van der Waals surface area contributed by atoms with E-state index in [0.29, 0.717) is 10.7 Å². The Hall–Kier alpha value is -2.98. The number of nitrogens with one attached hydrogen (secondary N) is 1. The molecule has 0 aliphatic carbocycles. The molecule has 128 valence electrons. The lowest BCUT2D eigenvalue weighted by atomic mass is 10.0. The average molecular weight is 358 g/mol. The van der Waals surface area contributed by atoms with Gasteiger partial charge in [0.15, 0.2) is 5.13 Å². The number of fused-ring (bicyclic) bond motifs is 1. The molecule has 4 rings (SSSR count). The van der Waals surface area contributed by atoms with Crippen molar-refractivity contribution in [3.63, 3.8) is 0 Å². The number of carbonyl (C=O) groups excluding carboxylic acids is 1. The summed E-state index contributed by atoms with van der Waals surface area (Å²) in [4.78, 5) is 17.1. The van der Waals surface area contributed by atoms with Crippen LogP contribution in [0, 0.1) is 13.8 Å². The number of thiazole rings is 1. The number of hydrogen-bond acceptors (Lipinski definition) is 3. The molecule has 4 aromatic rings. The van der Waals surface area contributed by atoms with Gasteiger partial charge in [0.1, 0.15) is 0 Å². The second kappa shape index (κ2) is 6.73. The number of rotatable bonds is 3. The van der Waals surface area contributed by atoms with Crippen LogP contribution in [0.4, 0.5) is 5.13 Å². The third kappa shape index (κ3) is 3.24. The zero-order valence-corrected chi connectivity index (χ0v) is 15.4. The van der Waals surface area contributed by atoms with Crippen LogP contribution in [-0.4, -0.2) is 10.9 Å². The Labute approximate surface area is 156 Å². The highest BCUT2D eigenvalue weighted by molar-refractivity contribution is 7.22. The zero-order chi connectivity index (χ0) is 18.1. The van der Waals surface area contributed by atoms with E-state index in [9.17, 15) is 4.79 Å². The highest BCUT2D eigenvalue weighted by Crippen LogP contribution is 2.29. The van der Waals surface area contributed by atoms with Crippen LogP contribution in [0.3, 0.4) is 0 Å². The average Bonchev–Trinajstić information content (AvgIpc) is 3.05. The van der Waals surface area contributed by atoms with Gasteiger partial charge >= 0.3 is 0 Å². The third-order valence-electron chi connectivity index (χ3n) is 4.30. The highest BCUT2D eigenvalue weighted by atomic mass is 32.1. The molecule has 1 amide bonds. The minimum Gasteiger partial charge on any atom is -0.298 e. The van der Waals surface area contributed by atoms with Crippen molar-refractivity contribution in [1.82, 2.24) is 4.98 Å². The molecular formula is C22H18N2OS. The number of nitrogens with zero attached hydrogens (tertiary/aromatic N) is 1. The van der Waals surface area contributed by atoms with Crippen molar-refractivity contribution in [2.45, 2.75) is 13.8 Å². The van der Waals surface area contributed by atoms with Gasteiger partial charge in [-0.15, -0.1) is 0 Å². The van der Waals surface area contributed by atoms with E-state index in [2.05, 4.69) is 41.5 Å². The van der Waals surface area contributed by atoms with Crippen LogP contribution in [0.15, 0.2) is 66.7 Å². The summed E-state index contributed by atoms with van der Waals surface area (Å²) in [5.74, 6) is -0.141. The lowest BCUT2D eigenvalue weighted by Gasteiger charge is -2.04. The van der Waals surface area contributed by atoms with Crippen molar-refractivity contribution in [2.24, 2.45) is 0 Å². The molecule has 0 spiro atoms. The second-order valence-electron chi connectivity index (χ2n) is 6.35. The van der Waals surface area contributed by atoms with Crippen LogP contribution in [0.5, 0.6) is 0 Å². The fourth-order valence-electron chi connectivity index (χ4n) is 3.04. The summed E-state index contributed by atoms with van der Waals surface area (Å²) in [6.07, 6.45) is 0. The largest absolute Gasteiger partial charge is 0.298 e. The molecule has 0 atom stereocenters. The Kier molecular flexibility index (Phi) is 4.27.